The molecule has 6 nitrogen and oxygen atoms in total. The Morgan fingerprint density at radius 1 is 0.266 bits per heavy atom. The quantitative estimate of drug-likeness (QED) is 0.0261. The molecule has 0 aromatic heterocycles. The van der Waals surface area contributed by atoms with E-state index in [9.17, 15) is 14.4 Å². The van der Waals surface area contributed by atoms with E-state index in [1.165, 1.54) is 122 Å². The highest BCUT2D eigenvalue weighted by molar-refractivity contribution is 5.71. The van der Waals surface area contributed by atoms with E-state index in [0.717, 1.165) is 141 Å². The lowest BCUT2D eigenvalue weighted by atomic mass is 10.0. The molecule has 0 aromatic rings. The second kappa shape index (κ2) is 66.3. The third-order valence-corrected chi connectivity index (χ3v) is 14.0. The van der Waals surface area contributed by atoms with Gasteiger partial charge >= 0.3 is 17.9 Å². The Balaban J connectivity index is 4.15. The molecule has 0 amide bonds. The smallest absolute Gasteiger partial charge is 0.306 e. The number of hydrogen-bond donors (Lipinski definition) is 0. The van der Waals surface area contributed by atoms with E-state index in [1.54, 1.807) is 0 Å². The number of allylic oxidation sites excluding steroid dienone is 20. The number of rotatable bonds is 59. The fourth-order valence-electron chi connectivity index (χ4n) is 9.09. The number of carbonyl (C=O) groups excluding carboxylic acids is 3. The van der Waals surface area contributed by atoms with Crippen LogP contribution in [0.3, 0.4) is 0 Å². The first-order valence-corrected chi connectivity index (χ1v) is 33.0. The molecule has 1 unspecified atom stereocenters. The summed E-state index contributed by atoms with van der Waals surface area (Å²) in [4.78, 5) is 38.2. The minimum absolute atomic E-state index is 0.0831. The van der Waals surface area contributed by atoms with Crippen molar-refractivity contribution in [2.75, 3.05) is 13.2 Å². The second-order valence-electron chi connectivity index (χ2n) is 21.6. The SMILES string of the molecule is CC/C=C\C/C=C\C/C=C\C/C=C\C/C=C\C/C=C\C/C=C\CCCCCCCCCCCCCCCC(=O)OCC(COC(=O)CCCCCCCCCCCCC)OC(=O)CCCCCCC/C=C\C/C=C\C/C=C\CC. The van der Waals surface area contributed by atoms with Crippen molar-refractivity contribution < 1.29 is 28.6 Å². The first-order valence-electron chi connectivity index (χ1n) is 33.0. The van der Waals surface area contributed by atoms with Gasteiger partial charge in [0.2, 0.25) is 0 Å². The van der Waals surface area contributed by atoms with Crippen LogP contribution >= 0.6 is 0 Å². The molecule has 1 atom stereocenters. The zero-order valence-electron chi connectivity index (χ0n) is 51.6. The maximum atomic E-state index is 12.9. The van der Waals surface area contributed by atoms with Crippen LogP contribution in [0, 0.1) is 0 Å². The predicted octanol–water partition coefficient (Wildman–Crippen LogP) is 22.8. The molecule has 0 spiro atoms. The van der Waals surface area contributed by atoms with E-state index in [1.807, 2.05) is 0 Å². The number of carbonyl (C=O) groups is 3. The standard InChI is InChI=1S/C73H122O6/c1-4-7-10-13-16-19-22-24-26-27-28-29-30-31-32-33-34-35-36-37-38-39-40-41-42-43-44-45-47-48-51-54-57-60-63-66-72(75)78-69-70(68-77-71(74)65-62-59-56-53-50-21-18-15-12-9-6-3)79-73(76)67-64-61-58-55-52-49-46-25-23-20-17-14-11-8-5-2/h7-8,10-11,16-17,19-20,24-26,28-29,31-32,34-35,37-38,46,70H,4-6,9,12-15,18,21-23,27,30,33,36,39-45,47-69H2,1-3H3/b10-7-,11-8-,19-16-,20-17-,26-24-,29-28-,32-31-,35-34-,38-37-,46-25-. The van der Waals surface area contributed by atoms with E-state index in [4.69, 9.17) is 14.2 Å². The van der Waals surface area contributed by atoms with Crippen LogP contribution in [0.4, 0.5) is 0 Å². The van der Waals surface area contributed by atoms with Gasteiger partial charge < -0.3 is 14.2 Å². The van der Waals surface area contributed by atoms with Gasteiger partial charge in [-0.3, -0.25) is 14.4 Å². The Bertz CT molecular complexity index is 1640. The van der Waals surface area contributed by atoms with Crippen molar-refractivity contribution in [3.63, 3.8) is 0 Å². The molecule has 79 heavy (non-hydrogen) atoms. The summed E-state index contributed by atoms with van der Waals surface area (Å²) in [6.45, 7) is 6.41. The van der Waals surface area contributed by atoms with E-state index in [-0.39, 0.29) is 31.1 Å². The van der Waals surface area contributed by atoms with Gasteiger partial charge in [-0.05, 0) is 109 Å². The third kappa shape index (κ3) is 64.5. The Morgan fingerprint density at radius 3 is 0.772 bits per heavy atom. The predicted molar refractivity (Wildman–Crippen MR) is 343 cm³/mol. The van der Waals surface area contributed by atoms with Crippen LogP contribution < -0.4 is 0 Å². The molecule has 0 fully saturated rings. The van der Waals surface area contributed by atoms with Gasteiger partial charge in [0.05, 0.1) is 0 Å². The number of hydrogen-bond acceptors (Lipinski definition) is 6. The Kier molecular flexibility index (Phi) is 62.8. The summed E-state index contributed by atoms with van der Waals surface area (Å²) in [6.07, 6.45) is 92.2. The third-order valence-electron chi connectivity index (χ3n) is 14.0. The zero-order chi connectivity index (χ0) is 57.1. The van der Waals surface area contributed by atoms with Gasteiger partial charge in [0, 0.05) is 19.3 Å². The molecule has 0 saturated carbocycles. The maximum Gasteiger partial charge on any atom is 0.306 e. The van der Waals surface area contributed by atoms with Crippen LogP contribution in [0.1, 0.15) is 303 Å². The molecule has 0 aromatic carbocycles. The topological polar surface area (TPSA) is 78.9 Å². The van der Waals surface area contributed by atoms with Crippen LogP contribution in [-0.2, 0) is 28.6 Å². The van der Waals surface area contributed by atoms with Gasteiger partial charge in [0.15, 0.2) is 6.10 Å². The Morgan fingerprint density at radius 2 is 0.494 bits per heavy atom. The summed E-state index contributed by atoms with van der Waals surface area (Å²) in [7, 11) is 0. The average molecular weight is 1100 g/mol. The van der Waals surface area contributed by atoms with Crippen LogP contribution in [-0.4, -0.2) is 37.2 Å². The lowest BCUT2D eigenvalue weighted by Gasteiger charge is -2.18. The van der Waals surface area contributed by atoms with Gasteiger partial charge in [0.1, 0.15) is 13.2 Å². The number of ether oxygens (including phenoxy) is 3. The van der Waals surface area contributed by atoms with Crippen LogP contribution in [0.15, 0.2) is 122 Å². The van der Waals surface area contributed by atoms with Gasteiger partial charge in [-0.1, -0.05) is 296 Å². The summed E-state index contributed by atoms with van der Waals surface area (Å²) in [5, 5.41) is 0. The normalized spacial score (nSPS) is 12.9. The minimum atomic E-state index is -0.787. The summed E-state index contributed by atoms with van der Waals surface area (Å²) in [6, 6.07) is 0. The highest BCUT2D eigenvalue weighted by Crippen LogP contribution is 2.16. The van der Waals surface area contributed by atoms with Gasteiger partial charge in [-0.15, -0.1) is 0 Å². The molecule has 0 saturated heterocycles. The van der Waals surface area contributed by atoms with Gasteiger partial charge in [0.25, 0.3) is 0 Å². The van der Waals surface area contributed by atoms with Crippen molar-refractivity contribution in [2.45, 2.75) is 309 Å². The average Bonchev–Trinajstić information content (AvgIpc) is 3.45. The molecular formula is C73H122O6. The van der Waals surface area contributed by atoms with Gasteiger partial charge in [-0.2, -0.15) is 0 Å². The molecule has 0 heterocycles. The maximum absolute atomic E-state index is 12.9. The molecule has 0 aliphatic rings. The summed E-state index contributed by atoms with van der Waals surface area (Å²) < 4.78 is 16.9. The Hall–Kier alpha value is -4.19. The summed E-state index contributed by atoms with van der Waals surface area (Å²) in [5.41, 5.74) is 0. The molecular weight excluding hydrogens is 973 g/mol. The van der Waals surface area contributed by atoms with Crippen molar-refractivity contribution >= 4 is 17.9 Å². The van der Waals surface area contributed by atoms with Crippen LogP contribution in [0.5, 0.6) is 0 Å². The fourth-order valence-corrected chi connectivity index (χ4v) is 9.09. The molecule has 0 bridgehead atoms. The van der Waals surface area contributed by atoms with Crippen molar-refractivity contribution in [3.8, 4) is 0 Å². The lowest BCUT2D eigenvalue weighted by molar-refractivity contribution is -0.167. The Labute approximate surface area is 488 Å². The molecule has 0 aliphatic heterocycles. The van der Waals surface area contributed by atoms with E-state index < -0.39 is 6.10 Å². The largest absolute Gasteiger partial charge is 0.462 e. The first kappa shape index (κ1) is 74.8. The monoisotopic (exact) mass is 1090 g/mol. The zero-order valence-corrected chi connectivity index (χ0v) is 51.6. The van der Waals surface area contributed by atoms with E-state index in [2.05, 4.69) is 142 Å². The second-order valence-corrected chi connectivity index (χ2v) is 21.6. The van der Waals surface area contributed by atoms with Crippen molar-refractivity contribution in [3.05, 3.63) is 122 Å². The molecule has 6 heteroatoms. The lowest BCUT2D eigenvalue weighted by Crippen LogP contribution is -2.30. The summed E-state index contributed by atoms with van der Waals surface area (Å²) >= 11 is 0. The molecule has 450 valence electrons. The molecule has 0 aliphatic carbocycles. The highest BCUT2D eigenvalue weighted by atomic mass is 16.6. The van der Waals surface area contributed by atoms with E-state index >= 15 is 0 Å². The molecule has 0 radical (unpaired) electrons. The van der Waals surface area contributed by atoms with E-state index in [0.29, 0.717) is 19.3 Å². The highest BCUT2D eigenvalue weighted by Gasteiger charge is 2.19. The minimum Gasteiger partial charge on any atom is -0.462 e. The van der Waals surface area contributed by atoms with Crippen molar-refractivity contribution in [1.29, 1.82) is 0 Å². The van der Waals surface area contributed by atoms with Crippen molar-refractivity contribution in [1.82, 2.24) is 0 Å². The number of esters is 3. The van der Waals surface area contributed by atoms with Gasteiger partial charge in [-0.25, -0.2) is 0 Å². The number of unbranched alkanes of at least 4 members (excludes halogenated alkanes) is 28. The molecule has 0 rings (SSSR count). The first-order chi connectivity index (χ1) is 39.0. The molecule has 0 N–H and O–H groups in total. The van der Waals surface area contributed by atoms with Crippen LogP contribution in [0.2, 0.25) is 0 Å². The van der Waals surface area contributed by atoms with Crippen LogP contribution in [0.25, 0.3) is 0 Å². The van der Waals surface area contributed by atoms with Crippen molar-refractivity contribution in [2.24, 2.45) is 0 Å². The fraction of sp³-hybridized carbons (Fsp3) is 0.685. The summed E-state index contributed by atoms with van der Waals surface area (Å²) in [5.74, 6) is -0.896.